The fourth-order valence-electron chi connectivity index (χ4n) is 1.06. The minimum Gasteiger partial charge on any atom is -0.466 e. The van der Waals surface area contributed by atoms with Gasteiger partial charge in [0.1, 0.15) is 12.7 Å². The maximum Gasteiger partial charge on any atom is 0.333 e. The van der Waals surface area contributed by atoms with Crippen LogP contribution in [0.5, 0.6) is 0 Å². The first-order valence-corrected chi connectivity index (χ1v) is 10.2. The van der Waals surface area contributed by atoms with E-state index in [0.29, 0.717) is 42.1 Å². The van der Waals surface area contributed by atoms with Gasteiger partial charge in [-0.3, -0.25) is 4.79 Å². The smallest absolute Gasteiger partial charge is 0.333 e. The molecule has 188 valence electrons. The van der Waals surface area contributed by atoms with Crippen molar-refractivity contribution in [3.05, 3.63) is 48.6 Å². The quantitative estimate of drug-likeness (QED) is 0.179. The summed E-state index contributed by atoms with van der Waals surface area (Å²) >= 11 is 0. The van der Waals surface area contributed by atoms with E-state index < -0.39 is 5.91 Å². The second-order valence-electron chi connectivity index (χ2n) is 7.02. The second-order valence-corrected chi connectivity index (χ2v) is 7.02. The largest absolute Gasteiger partial charge is 0.466 e. The van der Waals surface area contributed by atoms with Gasteiger partial charge < -0.3 is 24.7 Å². The topological polar surface area (TPSA) is 135 Å². The molecule has 1 fully saturated rings. The molecule has 0 aromatic heterocycles. The molecular weight excluding hydrogens is 430 g/mol. The third kappa shape index (κ3) is 26.8. The fourth-order valence-corrected chi connectivity index (χ4v) is 1.06. The molecule has 1 aliphatic heterocycles. The predicted molar refractivity (Wildman–Crippen MR) is 127 cm³/mol. The van der Waals surface area contributed by atoms with Crippen molar-refractivity contribution in [1.82, 2.24) is 0 Å². The summed E-state index contributed by atoms with van der Waals surface area (Å²) in [5, 5.41) is 0. The van der Waals surface area contributed by atoms with Gasteiger partial charge in [0.15, 0.2) is 0 Å². The number of rotatable bonds is 9. The van der Waals surface area contributed by atoms with Gasteiger partial charge in [0.05, 0.1) is 20.3 Å². The van der Waals surface area contributed by atoms with E-state index in [4.69, 9.17) is 19.9 Å². The third-order valence-electron chi connectivity index (χ3n) is 3.19. The van der Waals surface area contributed by atoms with Crippen LogP contribution >= 0.6 is 0 Å². The summed E-state index contributed by atoms with van der Waals surface area (Å²) in [6.07, 6.45) is 2.12. The molecular formula is C24H39NO8. The van der Waals surface area contributed by atoms with Crippen LogP contribution < -0.4 is 5.73 Å². The third-order valence-corrected chi connectivity index (χ3v) is 3.19. The van der Waals surface area contributed by atoms with Crippen molar-refractivity contribution >= 4 is 23.8 Å². The van der Waals surface area contributed by atoms with Crippen LogP contribution in [0.2, 0.25) is 0 Å². The zero-order chi connectivity index (χ0) is 26.6. The highest BCUT2D eigenvalue weighted by atomic mass is 16.6. The molecule has 1 saturated heterocycles. The summed E-state index contributed by atoms with van der Waals surface area (Å²) in [6, 6.07) is 0. The molecule has 1 atom stereocenters. The predicted octanol–water partition coefficient (Wildman–Crippen LogP) is 3.19. The van der Waals surface area contributed by atoms with Gasteiger partial charge in [0.2, 0.25) is 5.91 Å². The Bertz CT molecular complexity index is 693. The summed E-state index contributed by atoms with van der Waals surface area (Å²) < 4.78 is 18.7. The number of esters is 3. The van der Waals surface area contributed by atoms with Gasteiger partial charge >= 0.3 is 17.9 Å². The number of methoxy groups -OCH3 is 1. The number of unbranched alkanes of at least 4 members (excludes halogenated alkanes) is 1. The molecule has 0 spiro atoms. The Labute approximate surface area is 197 Å². The standard InChI is InChI=1S/C8H14O2.C7H10O3.C5H8O2.C4H7NO/c1-4-5-6-10-8(9)7(2)3;1-5(2)7(8)10-4-6-3-9-6;1-4(2)5(6)7-3;1-3(2)4(5)6/h2,4-6H2,1,3H3;6H,1,3-4H2,2H3;1H2,2-3H3;1H2,2H3,(H2,5,6). The molecule has 1 heterocycles. The number of hydrogen-bond donors (Lipinski definition) is 1. The van der Waals surface area contributed by atoms with E-state index in [-0.39, 0.29) is 24.0 Å². The molecule has 0 radical (unpaired) electrons. The zero-order valence-electron chi connectivity index (χ0n) is 20.8. The average molecular weight is 470 g/mol. The Morgan fingerprint density at radius 2 is 1.24 bits per heavy atom. The van der Waals surface area contributed by atoms with Crippen LogP contribution in [0.3, 0.4) is 0 Å². The number of epoxide rings is 1. The monoisotopic (exact) mass is 469 g/mol. The van der Waals surface area contributed by atoms with Gasteiger partial charge in [-0.15, -0.1) is 0 Å². The molecule has 9 nitrogen and oxygen atoms in total. The van der Waals surface area contributed by atoms with Crippen LogP contribution in [0.4, 0.5) is 0 Å². The summed E-state index contributed by atoms with van der Waals surface area (Å²) in [4.78, 5) is 41.4. The van der Waals surface area contributed by atoms with Gasteiger partial charge in [-0.2, -0.15) is 0 Å². The fraction of sp³-hybridized carbons (Fsp3) is 0.500. The zero-order valence-corrected chi connectivity index (χ0v) is 20.8. The van der Waals surface area contributed by atoms with Crippen molar-refractivity contribution < 1.29 is 38.1 Å². The highest BCUT2D eigenvalue weighted by Gasteiger charge is 2.24. The minimum absolute atomic E-state index is 0.142. The first-order valence-electron chi connectivity index (χ1n) is 10.2. The lowest BCUT2D eigenvalue weighted by Gasteiger charge is -2.01. The summed E-state index contributed by atoms with van der Waals surface area (Å²) in [5.74, 6) is -1.40. The Kier molecular flexibility index (Phi) is 21.6. The molecule has 9 heteroatoms. The number of hydrogen-bond acceptors (Lipinski definition) is 8. The summed E-state index contributed by atoms with van der Waals surface area (Å²) in [7, 11) is 1.33. The van der Waals surface area contributed by atoms with E-state index in [2.05, 4.69) is 38.0 Å². The Hall–Kier alpha value is -3.20. The van der Waals surface area contributed by atoms with Crippen LogP contribution in [0.25, 0.3) is 0 Å². The lowest BCUT2D eigenvalue weighted by molar-refractivity contribution is -0.140. The molecule has 1 unspecified atom stereocenters. The van der Waals surface area contributed by atoms with Gasteiger partial charge in [0.25, 0.3) is 0 Å². The molecule has 2 N–H and O–H groups in total. The summed E-state index contributed by atoms with van der Waals surface area (Å²) in [6.45, 7) is 23.6. The lowest BCUT2D eigenvalue weighted by atomic mass is 10.3. The van der Waals surface area contributed by atoms with Crippen molar-refractivity contribution in [3.8, 4) is 0 Å². The summed E-state index contributed by atoms with van der Waals surface area (Å²) in [5.41, 5.74) is 6.43. The molecule has 0 bridgehead atoms. The first kappa shape index (κ1) is 34.4. The van der Waals surface area contributed by atoms with Crippen molar-refractivity contribution in [3.63, 3.8) is 0 Å². The van der Waals surface area contributed by atoms with Gasteiger partial charge in [-0.1, -0.05) is 39.7 Å². The Morgan fingerprint density at radius 3 is 1.48 bits per heavy atom. The van der Waals surface area contributed by atoms with Gasteiger partial charge in [0, 0.05) is 22.3 Å². The number of primary amides is 1. The highest BCUT2D eigenvalue weighted by molar-refractivity contribution is 5.90. The van der Waals surface area contributed by atoms with E-state index in [0.717, 1.165) is 12.8 Å². The van der Waals surface area contributed by atoms with E-state index in [1.165, 1.54) is 7.11 Å². The number of carbonyl (C=O) groups is 4. The molecule has 0 aromatic rings. The number of ether oxygens (including phenoxy) is 4. The van der Waals surface area contributed by atoms with E-state index in [1.54, 1.807) is 27.7 Å². The second kappa shape index (κ2) is 20.7. The van der Waals surface area contributed by atoms with Gasteiger partial charge in [-0.05, 0) is 34.1 Å². The normalized spacial score (nSPS) is 12.4. The van der Waals surface area contributed by atoms with Crippen LogP contribution in [0, 0.1) is 0 Å². The van der Waals surface area contributed by atoms with Crippen LogP contribution in [-0.4, -0.2) is 56.8 Å². The molecule has 1 rings (SSSR count). The van der Waals surface area contributed by atoms with Crippen molar-refractivity contribution in [1.29, 1.82) is 0 Å². The van der Waals surface area contributed by atoms with Crippen LogP contribution in [-0.2, 0) is 38.1 Å². The molecule has 1 amide bonds. The molecule has 0 aliphatic carbocycles. The maximum absolute atomic E-state index is 10.7. The average Bonchev–Trinajstić information content (AvgIpc) is 3.57. The van der Waals surface area contributed by atoms with Crippen molar-refractivity contribution in [2.45, 2.75) is 53.6 Å². The first-order chi connectivity index (χ1) is 15.2. The molecule has 1 aliphatic rings. The SMILES string of the molecule is C=C(C)C(=O)OC.C=C(C)C(=O)OCC1CO1.C=C(C)C(=O)OCCCC.C=C(C)C(N)=O. The Morgan fingerprint density at radius 1 is 0.848 bits per heavy atom. The van der Waals surface area contributed by atoms with E-state index >= 15 is 0 Å². The van der Waals surface area contributed by atoms with Crippen LogP contribution in [0.15, 0.2) is 48.6 Å². The highest BCUT2D eigenvalue weighted by Crippen LogP contribution is 2.09. The molecule has 0 aromatic carbocycles. The van der Waals surface area contributed by atoms with E-state index in [1.807, 2.05) is 0 Å². The Balaban J connectivity index is -0.000000373. The van der Waals surface area contributed by atoms with Gasteiger partial charge in [-0.25, -0.2) is 14.4 Å². The van der Waals surface area contributed by atoms with Crippen molar-refractivity contribution in [2.75, 3.05) is 26.9 Å². The molecule has 33 heavy (non-hydrogen) atoms. The maximum atomic E-state index is 10.7. The number of nitrogens with two attached hydrogens (primary N) is 1. The van der Waals surface area contributed by atoms with E-state index in [9.17, 15) is 19.2 Å². The van der Waals surface area contributed by atoms with Crippen LogP contribution in [0.1, 0.15) is 47.5 Å². The number of amides is 1. The minimum atomic E-state index is -0.435. The molecule has 0 saturated carbocycles. The van der Waals surface area contributed by atoms with Crippen molar-refractivity contribution in [2.24, 2.45) is 5.73 Å². The number of carbonyl (C=O) groups excluding carboxylic acids is 4. The lowest BCUT2D eigenvalue weighted by Crippen LogP contribution is -2.10.